The molecular formula is C12H15F3N2O3S. The van der Waals surface area contributed by atoms with Gasteiger partial charge in [0.25, 0.3) is 0 Å². The summed E-state index contributed by atoms with van der Waals surface area (Å²) in [4.78, 5) is -0.344. The van der Waals surface area contributed by atoms with Crippen molar-refractivity contribution in [3.05, 3.63) is 23.8 Å². The normalized spacial score (nSPS) is 17.6. The Kier molecular flexibility index (Phi) is 3.94. The third kappa shape index (κ3) is 2.99. The van der Waals surface area contributed by atoms with Gasteiger partial charge in [0, 0.05) is 6.54 Å². The number of methoxy groups -OCH3 is 1. The van der Waals surface area contributed by atoms with Crippen LogP contribution in [0.2, 0.25) is 0 Å². The molecule has 21 heavy (non-hydrogen) atoms. The Morgan fingerprint density at radius 1 is 1.38 bits per heavy atom. The second-order valence-electron chi connectivity index (χ2n) is 4.87. The number of nitrogens with two attached hydrogens (primary N) is 1. The van der Waals surface area contributed by atoms with Crippen LogP contribution in [0.5, 0.6) is 5.75 Å². The zero-order chi connectivity index (χ0) is 15.9. The van der Waals surface area contributed by atoms with Crippen LogP contribution in [0, 0.1) is 0 Å². The molecule has 0 aliphatic heterocycles. The summed E-state index contributed by atoms with van der Waals surface area (Å²) in [6.07, 6.45) is -5.16. The fraction of sp³-hybridized carbons (Fsp3) is 0.500. The highest BCUT2D eigenvalue weighted by Crippen LogP contribution is 2.50. The molecule has 9 heteroatoms. The number of ether oxygens (including phenoxy) is 1. The second kappa shape index (κ2) is 5.15. The number of hydrogen-bond acceptors (Lipinski definition) is 4. The smallest absolute Gasteiger partial charge is 0.407 e. The summed E-state index contributed by atoms with van der Waals surface area (Å²) in [5, 5.41) is 0. The topological polar surface area (TPSA) is 81.4 Å². The van der Waals surface area contributed by atoms with Gasteiger partial charge in [-0.2, -0.15) is 17.9 Å². The monoisotopic (exact) mass is 324 g/mol. The Bertz CT molecular complexity index is 640. The van der Waals surface area contributed by atoms with Gasteiger partial charge in [-0.3, -0.25) is 0 Å². The van der Waals surface area contributed by atoms with Crippen molar-refractivity contribution >= 4 is 10.0 Å². The number of rotatable bonds is 5. The van der Waals surface area contributed by atoms with E-state index in [-0.39, 0.29) is 30.0 Å². The summed E-state index contributed by atoms with van der Waals surface area (Å²) >= 11 is 0. The molecule has 1 fully saturated rings. The van der Waals surface area contributed by atoms with Crippen molar-refractivity contribution in [3.63, 3.8) is 0 Å². The van der Waals surface area contributed by atoms with Crippen molar-refractivity contribution in [1.82, 2.24) is 4.72 Å². The van der Waals surface area contributed by atoms with Crippen LogP contribution in [0.25, 0.3) is 0 Å². The largest absolute Gasteiger partial charge is 0.495 e. The molecule has 0 saturated heterocycles. The molecule has 0 heterocycles. The predicted molar refractivity (Wildman–Crippen MR) is 69.2 cm³/mol. The number of hydrogen-bond donors (Lipinski definition) is 2. The van der Waals surface area contributed by atoms with E-state index in [0.717, 1.165) is 0 Å². The van der Waals surface area contributed by atoms with Crippen molar-refractivity contribution in [3.8, 4) is 5.75 Å². The van der Waals surface area contributed by atoms with Gasteiger partial charge in [0.2, 0.25) is 10.0 Å². The SMILES string of the molecule is COc1ccc(CN)cc1S(=O)(=O)NC1(C(F)(F)F)CC1. The van der Waals surface area contributed by atoms with Crippen molar-refractivity contribution < 1.29 is 26.3 Å². The molecule has 0 amide bonds. The van der Waals surface area contributed by atoms with E-state index in [1.807, 2.05) is 0 Å². The molecule has 5 nitrogen and oxygen atoms in total. The lowest BCUT2D eigenvalue weighted by atomic mass is 10.2. The van der Waals surface area contributed by atoms with E-state index in [0.29, 0.717) is 5.56 Å². The van der Waals surface area contributed by atoms with E-state index in [1.54, 1.807) is 10.8 Å². The van der Waals surface area contributed by atoms with Gasteiger partial charge in [-0.1, -0.05) is 6.07 Å². The molecule has 1 aromatic rings. The van der Waals surface area contributed by atoms with Crippen LogP contribution >= 0.6 is 0 Å². The first-order chi connectivity index (χ1) is 9.65. The number of nitrogens with one attached hydrogen (secondary N) is 1. The van der Waals surface area contributed by atoms with E-state index in [9.17, 15) is 21.6 Å². The molecular weight excluding hydrogens is 309 g/mol. The Morgan fingerprint density at radius 2 is 2.00 bits per heavy atom. The molecule has 118 valence electrons. The predicted octanol–water partition coefficient (Wildman–Crippen LogP) is 1.53. The van der Waals surface area contributed by atoms with E-state index in [4.69, 9.17) is 10.5 Å². The maximum absolute atomic E-state index is 12.9. The lowest BCUT2D eigenvalue weighted by Crippen LogP contribution is -2.47. The molecule has 3 N–H and O–H groups in total. The Balaban J connectivity index is 2.41. The first-order valence-electron chi connectivity index (χ1n) is 6.13. The minimum absolute atomic E-state index is 0.0299. The molecule has 1 aliphatic rings. The number of sulfonamides is 1. The van der Waals surface area contributed by atoms with Gasteiger partial charge in [0.05, 0.1) is 7.11 Å². The molecule has 0 aromatic heterocycles. The molecule has 0 atom stereocenters. The summed E-state index contributed by atoms with van der Waals surface area (Å²) in [5.74, 6) is -0.0299. The number of alkyl halides is 3. The molecule has 0 unspecified atom stereocenters. The lowest BCUT2D eigenvalue weighted by molar-refractivity contribution is -0.160. The van der Waals surface area contributed by atoms with Gasteiger partial charge in [-0.05, 0) is 30.5 Å². The van der Waals surface area contributed by atoms with Gasteiger partial charge in [0.15, 0.2) is 0 Å². The summed E-state index contributed by atoms with van der Waals surface area (Å²) in [6.45, 7) is 0.0664. The summed E-state index contributed by atoms with van der Waals surface area (Å²) < 4.78 is 69.8. The third-order valence-corrected chi connectivity index (χ3v) is 4.93. The minimum Gasteiger partial charge on any atom is -0.495 e. The highest BCUT2D eigenvalue weighted by molar-refractivity contribution is 7.89. The van der Waals surface area contributed by atoms with Crippen LogP contribution in [0.4, 0.5) is 13.2 Å². The van der Waals surface area contributed by atoms with Gasteiger partial charge in [-0.15, -0.1) is 0 Å². The Hall–Kier alpha value is -1.32. The van der Waals surface area contributed by atoms with E-state index in [2.05, 4.69) is 0 Å². The quantitative estimate of drug-likeness (QED) is 0.860. The van der Waals surface area contributed by atoms with Crippen molar-refractivity contribution in [2.45, 2.75) is 36.0 Å². The van der Waals surface area contributed by atoms with E-state index in [1.165, 1.54) is 19.2 Å². The molecule has 0 radical (unpaired) electrons. The fourth-order valence-electron chi connectivity index (χ4n) is 1.94. The van der Waals surface area contributed by atoms with Crippen LogP contribution in [0.15, 0.2) is 23.1 Å². The molecule has 2 rings (SSSR count). The van der Waals surface area contributed by atoms with Gasteiger partial charge >= 0.3 is 6.18 Å². The first-order valence-corrected chi connectivity index (χ1v) is 7.61. The highest BCUT2D eigenvalue weighted by Gasteiger charge is 2.65. The molecule has 0 spiro atoms. The van der Waals surface area contributed by atoms with Crippen LogP contribution < -0.4 is 15.2 Å². The van der Waals surface area contributed by atoms with Crippen molar-refractivity contribution in [2.75, 3.05) is 7.11 Å². The van der Waals surface area contributed by atoms with Gasteiger partial charge < -0.3 is 10.5 Å². The minimum atomic E-state index is -4.63. The highest BCUT2D eigenvalue weighted by atomic mass is 32.2. The molecule has 1 saturated carbocycles. The van der Waals surface area contributed by atoms with Crippen LogP contribution in [0.1, 0.15) is 18.4 Å². The lowest BCUT2D eigenvalue weighted by Gasteiger charge is -2.21. The van der Waals surface area contributed by atoms with Crippen LogP contribution in [-0.2, 0) is 16.6 Å². The Morgan fingerprint density at radius 3 is 2.43 bits per heavy atom. The Labute approximate surface area is 120 Å². The average Bonchev–Trinajstić information content (AvgIpc) is 3.17. The number of halogens is 3. The first kappa shape index (κ1) is 16.1. The zero-order valence-electron chi connectivity index (χ0n) is 11.2. The van der Waals surface area contributed by atoms with Crippen molar-refractivity contribution in [2.24, 2.45) is 5.73 Å². The van der Waals surface area contributed by atoms with Crippen LogP contribution in [-0.4, -0.2) is 27.2 Å². The zero-order valence-corrected chi connectivity index (χ0v) is 12.0. The number of benzene rings is 1. The summed E-state index contributed by atoms with van der Waals surface area (Å²) in [5.41, 5.74) is 3.54. The molecule has 1 aromatic carbocycles. The standard InChI is InChI=1S/C12H15F3N2O3S/c1-20-9-3-2-8(7-16)6-10(9)21(18,19)17-11(4-5-11)12(13,14)15/h2-3,6,17H,4-5,7,16H2,1H3. The van der Waals surface area contributed by atoms with E-state index >= 15 is 0 Å². The average molecular weight is 324 g/mol. The third-order valence-electron chi connectivity index (χ3n) is 3.38. The summed E-state index contributed by atoms with van der Waals surface area (Å²) in [7, 11) is -3.12. The van der Waals surface area contributed by atoms with Gasteiger partial charge in [0.1, 0.15) is 16.2 Å². The second-order valence-corrected chi connectivity index (χ2v) is 6.53. The fourth-order valence-corrected chi connectivity index (χ4v) is 3.61. The molecule has 1 aliphatic carbocycles. The van der Waals surface area contributed by atoms with Crippen molar-refractivity contribution in [1.29, 1.82) is 0 Å². The van der Waals surface area contributed by atoms with Crippen LogP contribution in [0.3, 0.4) is 0 Å². The maximum Gasteiger partial charge on any atom is 0.407 e. The maximum atomic E-state index is 12.9. The van der Waals surface area contributed by atoms with E-state index < -0.39 is 21.7 Å². The summed E-state index contributed by atoms with van der Waals surface area (Å²) in [6, 6.07) is 4.13. The molecule has 0 bridgehead atoms. The van der Waals surface area contributed by atoms with Gasteiger partial charge in [-0.25, -0.2) is 8.42 Å².